The molecule has 0 aliphatic rings. The summed E-state index contributed by atoms with van der Waals surface area (Å²) in [5, 5.41) is 19.8. The zero-order valence-electron chi connectivity index (χ0n) is 8.79. The maximum Gasteiger partial charge on any atom is 0.336 e. The minimum Gasteiger partial charge on any atom is -0.478 e. The van der Waals surface area contributed by atoms with E-state index in [1.54, 1.807) is 12.1 Å². The van der Waals surface area contributed by atoms with Crippen molar-refractivity contribution in [1.29, 1.82) is 0 Å². The van der Waals surface area contributed by atoms with Crippen molar-refractivity contribution in [2.75, 3.05) is 0 Å². The van der Waals surface area contributed by atoms with Gasteiger partial charge in [-0.25, -0.2) is 4.79 Å². The highest BCUT2D eigenvalue weighted by Gasteiger charge is 2.22. The van der Waals surface area contributed by atoms with Crippen LogP contribution >= 0.6 is 22.6 Å². The Kier molecular flexibility index (Phi) is 3.32. The van der Waals surface area contributed by atoms with Crippen molar-refractivity contribution >= 4 is 34.2 Å². The Hall–Kier alpha value is -1.90. The summed E-state index contributed by atoms with van der Waals surface area (Å²) >= 11 is 1.85. The minimum atomic E-state index is -1.23. The first-order valence-corrected chi connectivity index (χ1v) is 5.83. The first-order chi connectivity index (χ1) is 8.50. The lowest BCUT2D eigenvalue weighted by atomic mass is 10.0. The van der Waals surface area contributed by atoms with Gasteiger partial charge in [0.05, 0.1) is 16.7 Å². The molecule has 0 radical (unpaired) electrons. The Morgan fingerprint density at radius 3 is 2.67 bits per heavy atom. The van der Waals surface area contributed by atoms with Crippen LogP contribution in [0.2, 0.25) is 0 Å². The summed E-state index contributed by atoms with van der Waals surface area (Å²) in [4.78, 5) is 21.3. The lowest BCUT2D eigenvalue weighted by molar-refractivity contribution is -0.385. The molecule has 0 spiro atoms. The number of furan rings is 1. The number of hydrogen-bond donors (Lipinski definition) is 1. The Bertz CT molecular complexity index is 621. The van der Waals surface area contributed by atoms with Gasteiger partial charge < -0.3 is 9.52 Å². The van der Waals surface area contributed by atoms with Gasteiger partial charge in [0.15, 0.2) is 0 Å². The molecule has 6 nitrogen and oxygen atoms in total. The number of carbonyl (C=O) groups is 1. The van der Waals surface area contributed by atoms with Crippen molar-refractivity contribution in [3.05, 3.63) is 49.8 Å². The minimum absolute atomic E-state index is 0.149. The van der Waals surface area contributed by atoms with Gasteiger partial charge in [0.25, 0.3) is 5.69 Å². The highest BCUT2D eigenvalue weighted by atomic mass is 127. The molecule has 7 heteroatoms. The number of halogens is 1. The van der Waals surface area contributed by atoms with E-state index in [-0.39, 0.29) is 11.3 Å². The van der Waals surface area contributed by atoms with Crippen molar-refractivity contribution in [3.8, 4) is 11.3 Å². The van der Waals surface area contributed by atoms with Gasteiger partial charge in [-0.3, -0.25) is 10.1 Å². The highest BCUT2D eigenvalue weighted by molar-refractivity contribution is 14.1. The number of carboxylic acid groups (broad SMARTS) is 1. The van der Waals surface area contributed by atoms with E-state index >= 15 is 0 Å². The molecule has 0 fully saturated rings. The normalized spacial score (nSPS) is 10.3. The molecule has 0 unspecified atom stereocenters. The molecule has 1 heterocycles. The SMILES string of the molecule is O=C(O)c1cc([N+](=O)[O-])cc(I)c1-c1ccco1. The first-order valence-electron chi connectivity index (χ1n) is 4.76. The van der Waals surface area contributed by atoms with Crippen molar-refractivity contribution in [1.82, 2.24) is 0 Å². The molecule has 0 aliphatic heterocycles. The van der Waals surface area contributed by atoms with Gasteiger partial charge in [-0.2, -0.15) is 0 Å². The molecule has 0 saturated carbocycles. The number of nitro groups is 1. The van der Waals surface area contributed by atoms with E-state index in [0.29, 0.717) is 14.9 Å². The van der Waals surface area contributed by atoms with Crippen molar-refractivity contribution < 1.29 is 19.2 Å². The van der Waals surface area contributed by atoms with Gasteiger partial charge in [0.2, 0.25) is 0 Å². The maximum atomic E-state index is 11.2. The topological polar surface area (TPSA) is 93.6 Å². The average molecular weight is 359 g/mol. The van der Waals surface area contributed by atoms with E-state index < -0.39 is 10.9 Å². The maximum absolute atomic E-state index is 11.2. The van der Waals surface area contributed by atoms with Crippen LogP contribution in [0.4, 0.5) is 5.69 Å². The monoisotopic (exact) mass is 359 g/mol. The van der Waals surface area contributed by atoms with Crippen molar-refractivity contribution in [3.63, 3.8) is 0 Å². The van der Waals surface area contributed by atoms with E-state index in [1.165, 1.54) is 12.3 Å². The lowest BCUT2D eigenvalue weighted by Crippen LogP contribution is -2.03. The number of aromatic carboxylic acids is 1. The second-order valence-corrected chi connectivity index (χ2v) is 4.55. The van der Waals surface area contributed by atoms with E-state index in [4.69, 9.17) is 9.52 Å². The molecule has 0 amide bonds. The number of rotatable bonds is 3. The first kappa shape index (κ1) is 12.6. The Morgan fingerprint density at radius 2 is 2.17 bits per heavy atom. The molecular formula is C11H6INO5. The van der Waals surface area contributed by atoms with Crippen LogP contribution in [0.1, 0.15) is 10.4 Å². The summed E-state index contributed by atoms with van der Waals surface area (Å²) in [7, 11) is 0. The summed E-state index contributed by atoms with van der Waals surface area (Å²) in [6, 6.07) is 5.57. The molecule has 92 valence electrons. The number of nitrogens with zero attached hydrogens (tertiary/aromatic N) is 1. The van der Waals surface area contributed by atoms with Crippen molar-refractivity contribution in [2.24, 2.45) is 0 Å². The Balaban J connectivity index is 2.73. The molecule has 2 aromatic rings. The van der Waals surface area contributed by atoms with Gasteiger partial charge >= 0.3 is 5.97 Å². The Labute approximate surface area is 115 Å². The van der Waals surface area contributed by atoms with Crippen LogP contribution in [0.5, 0.6) is 0 Å². The molecule has 2 rings (SSSR count). The van der Waals surface area contributed by atoms with Crippen molar-refractivity contribution in [2.45, 2.75) is 0 Å². The van der Waals surface area contributed by atoms with Crippen LogP contribution in [-0.4, -0.2) is 16.0 Å². The van der Waals surface area contributed by atoms with Crippen LogP contribution < -0.4 is 0 Å². The fourth-order valence-corrected chi connectivity index (χ4v) is 2.41. The average Bonchev–Trinajstić information content (AvgIpc) is 2.80. The van der Waals surface area contributed by atoms with Crippen LogP contribution in [-0.2, 0) is 0 Å². The lowest BCUT2D eigenvalue weighted by Gasteiger charge is -2.06. The van der Waals surface area contributed by atoms with E-state index in [2.05, 4.69) is 0 Å². The number of nitro benzene ring substituents is 1. The second-order valence-electron chi connectivity index (χ2n) is 3.39. The van der Waals surface area contributed by atoms with Crippen LogP contribution in [0, 0.1) is 13.7 Å². The molecule has 1 N–H and O–H groups in total. The summed E-state index contributed by atoms with van der Waals surface area (Å²) in [6.45, 7) is 0. The summed E-state index contributed by atoms with van der Waals surface area (Å²) in [5.41, 5.74) is -0.0608. The number of hydrogen-bond acceptors (Lipinski definition) is 4. The van der Waals surface area contributed by atoms with Crippen LogP contribution in [0.3, 0.4) is 0 Å². The van der Waals surface area contributed by atoms with Crippen LogP contribution in [0.15, 0.2) is 34.9 Å². The molecule has 0 bridgehead atoms. The third-order valence-electron chi connectivity index (χ3n) is 2.28. The Morgan fingerprint density at radius 1 is 1.44 bits per heavy atom. The summed E-state index contributed by atoms with van der Waals surface area (Å²) in [5.74, 6) is -0.866. The number of carboxylic acids is 1. The smallest absolute Gasteiger partial charge is 0.336 e. The molecular weight excluding hydrogens is 353 g/mol. The number of non-ortho nitro benzene ring substituents is 1. The molecule has 1 aromatic heterocycles. The van der Waals surface area contributed by atoms with Gasteiger partial charge in [-0.05, 0) is 34.7 Å². The van der Waals surface area contributed by atoms with Gasteiger partial charge in [0, 0.05) is 21.3 Å². The zero-order valence-corrected chi connectivity index (χ0v) is 10.9. The fourth-order valence-electron chi connectivity index (χ4n) is 1.54. The highest BCUT2D eigenvalue weighted by Crippen LogP contribution is 2.33. The van der Waals surface area contributed by atoms with E-state index in [9.17, 15) is 14.9 Å². The van der Waals surface area contributed by atoms with Crippen LogP contribution in [0.25, 0.3) is 11.3 Å². The van der Waals surface area contributed by atoms with E-state index in [0.717, 1.165) is 6.07 Å². The van der Waals surface area contributed by atoms with Gasteiger partial charge in [-0.1, -0.05) is 0 Å². The quantitative estimate of drug-likeness (QED) is 0.516. The molecule has 0 saturated heterocycles. The molecule has 1 aromatic carbocycles. The van der Waals surface area contributed by atoms with Gasteiger partial charge in [-0.15, -0.1) is 0 Å². The second kappa shape index (κ2) is 4.77. The van der Waals surface area contributed by atoms with E-state index in [1.807, 2.05) is 22.6 Å². The third-order valence-corrected chi connectivity index (χ3v) is 3.13. The van der Waals surface area contributed by atoms with Gasteiger partial charge in [0.1, 0.15) is 5.76 Å². The zero-order chi connectivity index (χ0) is 13.3. The standard InChI is InChI=1S/C11H6INO5/c12-8-5-6(13(16)17)4-7(11(14)15)10(8)9-2-1-3-18-9/h1-5H,(H,14,15). The largest absolute Gasteiger partial charge is 0.478 e. The molecule has 0 atom stereocenters. The molecule has 18 heavy (non-hydrogen) atoms. The third kappa shape index (κ3) is 2.21. The molecule has 0 aliphatic carbocycles. The number of benzene rings is 1. The fraction of sp³-hybridized carbons (Fsp3) is 0. The predicted octanol–water partition coefficient (Wildman–Crippen LogP) is 3.16. The summed E-state index contributed by atoms with van der Waals surface area (Å²) in [6.07, 6.45) is 1.42. The summed E-state index contributed by atoms with van der Waals surface area (Å²) < 4.78 is 5.61. The predicted molar refractivity (Wildman–Crippen MR) is 70.5 cm³/mol.